The van der Waals surface area contributed by atoms with Gasteiger partial charge >= 0.3 is 11.8 Å². The number of ether oxygens (including phenoxy) is 2. The van der Waals surface area contributed by atoms with Crippen molar-refractivity contribution in [3.8, 4) is 22.4 Å². The monoisotopic (exact) mass is 490 g/mol. The highest BCUT2D eigenvalue weighted by Crippen LogP contribution is 2.35. The van der Waals surface area contributed by atoms with Crippen molar-refractivity contribution in [1.82, 2.24) is 24.1 Å². The maximum absolute atomic E-state index is 13.5. The second-order valence-electron chi connectivity index (χ2n) is 9.45. The van der Waals surface area contributed by atoms with Crippen molar-refractivity contribution in [2.45, 2.75) is 46.8 Å². The second-order valence-corrected chi connectivity index (χ2v) is 9.45. The molecule has 1 aromatic carbocycles. The van der Waals surface area contributed by atoms with Crippen LogP contribution in [0.5, 0.6) is 0 Å². The molecule has 10 heteroatoms. The van der Waals surface area contributed by atoms with Gasteiger partial charge in [-0.2, -0.15) is 0 Å². The minimum absolute atomic E-state index is 0.0121. The maximum atomic E-state index is 13.5. The second kappa shape index (κ2) is 9.90. The molecule has 10 nitrogen and oxygen atoms in total. The van der Waals surface area contributed by atoms with Gasteiger partial charge in [-0.05, 0) is 52.3 Å². The summed E-state index contributed by atoms with van der Waals surface area (Å²) in [6.07, 6.45) is -0.727. The molecule has 0 saturated heterocycles. The Labute approximate surface area is 208 Å². The molecule has 0 aliphatic rings. The van der Waals surface area contributed by atoms with Gasteiger partial charge in [-0.15, -0.1) is 5.10 Å². The normalized spacial score (nSPS) is 11.6. The SMILES string of the molecule is COCCn1nc2c(-c3cc(C)nc(C)c3)c(-c3ccccc3)nc(NC(=O)OC(C)(C)C)n2c1=O. The summed E-state index contributed by atoms with van der Waals surface area (Å²) in [4.78, 5) is 35.4. The summed E-state index contributed by atoms with van der Waals surface area (Å²) in [7, 11) is 1.55. The fraction of sp³-hybridized carbons (Fsp3) is 0.346. The van der Waals surface area contributed by atoms with E-state index in [1.165, 1.54) is 9.08 Å². The maximum Gasteiger partial charge on any atom is 0.414 e. The van der Waals surface area contributed by atoms with Crippen molar-refractivity contribution < 1.29 is 14.3 Å². The number of pyridine rings is 1. The predicted molar refractivity (Wildman–Crippen MR) is 137 cm³/mol. The molecule has 0 unspecified atom stereocenters. The Kier molecular flexibility index (Phi) is 6.89. The number of nitrogens with one attached hydrogen (secondary N) is 1. The van der Waals surface area contributed by atoms with Crippen LogP contribution in [0, 0.1) is 13.8 Å². The van der Waals surface area contributed by atoms with Crippen molar-refractivity contribution in [2.75, 3.05) is 19.0 Å². The Morgan fingerprint density at radius 3 is 2.31 bits per heavy atom. The minimum atomic E-state index is -0.731. The van der Waals surface area contributed by atoms with Crippen LogP contribution in [-0.2, 0) is 16.0 Å². The number of methoxy groups -OCH3 is 1. The average molecular weight is 491 g/mol. The highest BCUT2D eigenvalue weighted by molar-refractivity contribution is 5.92. The van der Waals surface area contributed by atoms with Crippen molar-refractivity contribution in [3.63, 3.8) is 0 Å². The summed E-state index contributed by atoms with van der Waals surface area (Å²) >= 11 is 0. The van der Waals surface area contributed by atoms with Gasteiger partial charge in [0, 0.05) is 24.1 Å². The number of carbonyl (C=O) groups is 1. The molecule has 0 fully saturated rings. The number of benzene rings is 1. The molecule has 3 aromatic heterocycles. The minimum Gasteiger partial charge on any atom is -0.444 e. The number of aromatic nitrogens is 5. The highest BCUT2D eigenvalue weighted by Gasteiger charge is 2.25. The van der Waals surface area contributed by atoms with Gasteiger partial charge in [0.25, 0.3) is 0 Å². The van der Waals surface area contributed by atoms with Crippen LogP contribution in [0.25, 0.3) is 28.0 Å². The molecule has 0 aliphatic heterocycles. The number of fused-ring (bicyclic) bond motifs is 1. The van der Waals surface area contributed by atoms with E-state index in [0.717, 1.165) is 22.5 Å². The molecule has 0 radical (unpaired) electrons. The van der Waals surface area contributed by atoms with Gasteiger partial charge in [-0.1, -0.05) is 30.3 Å². The lowest BCUT2D eigenvalue weighted by Gasteiger charge is -2.20. The summed E-state index contributed by atoms with van der Waals surface area (Å²) < 4.78 is 13.2. The van der Waals surface area contributed by atoms with Gasteiger partial charge < -0.3 is 9.47 Å². The number of hydrogen-bond acceptors (Lipinski definition) is 7. The molecule has 188 valence electrons. The first kappa shape index (κ1) is 25.1. The van der Waals surface area contributed by atoms with Crippen LogP contribution in [0.4, 0.5) is 10.7 Å². The van der Waals surface area contributed by atoms with Crippen LogP contribution in [0.2, 0.25) is 0 Å². The summed E-state index contributed by atoms with van der Waals surface area (Å²) in [6, 6.07) is 13.4. The Balaban J connectivity index is 2.06. The lowest BCUT2D eigenvalue weighted by atomic mass is 9.99. The van der Waals surface area contributed by atoms with Crippen molar-refractivity contribution in [1.29, 1.82) is 0 Å². The summed E-state index contributed by atoms with van der Waals surface area (Å²) in [6.45, 7) is 9.62. The molecule has 0 bridgehead atoms. The van der Waals surface area contributed by atoms with Crippen molar-refractivity contribution >= 4 is 17.7 Å². The Bertz CT molecular complexity index is 1450. The van der Waals surface area contributed by atoms with Crippen LogP contribution >= 0.6 is 0 Å². The van der Waals surface area contributed by atoms with E-state index in [4.69, 9.17) is 14.5 Å². The first-order valence-corrected chi connectivity index (χ1v) is 11.6. The fourth-order valence-electron chi connectivity index (χ4n) is 3.93. The van der Waals surface area contributed by atoms with Crippen molar-refractivity contribution in [3.05, 3.63) is 64.3 Å². The number of aryl methyl sites for hydroxylation is 2. The molecular weight excluding hydrogens is 460 g/mol. The quantitative estimate of drug-likeness (QED) is 0.430. The molecule has 0 spiro atoms. The van der Waals surface area contributed by atoms with Gasteiger partial charge in [0.2, 0.25) is 5.95 Å². The zero-order valence-corrected chi connectivity index (χ0v) is 21.3. The molecule has 3 heterocycles. The highest BCUT2D eigenvalue weighted by atomic mass is 16.6. The molecule has 1 N–H and O–H groups in total. The van der Waals surface area contributed by atoms with E-state index >= 15 is 0 Å². The third-order valence-corrected chi connectivity index (χ3v) is 5.27. The molecule has 36 heavy (non-hydrogen) atoms. The number of rotatable bonds is 6. The third-order valence-electron chi connectivity index (χ3n) is 5.27. The summed E-state index contributed by atoms with van der Waals surface area (Å²) in [5.74, 6) is 0.0121. The number of anilines is 1. The van der Waals surface area contributed by atoms with E-state index in [2.05, 4.69) is 15.4 Å². The van der Waals surface area contributed by atoms with E-state index in [0.29, 0.717) is 23.5 Å². The van der Waals surface area contributed by atoms with E-state index in [1.807, 2.05) is 56.3 Å². The van der Waals surface area contributed by atoms with E-state index in [-0.39, 0.29) is 12.5 Å². The van der Waals surface area contributed by atoms with Crippen LogP contribution in [0.15, 0.2) is 47.3 Å². The molecule has 1 amide bonds. The number of hydrogen-bond donors (Lipinski definition) is 1. The van der Waals surface area contributed by atoms with E-state index < -0.39 is 17.4 Å². The first-order chi connectivity index (χ1) is 17.1. The van der Waals surface area contributed by atoms with E-state index in [9.17, 15) is 9.59 Å². The predicted octanol–water partition coefficient (Wildman–Crippen LogP) is 4.23. The Morgan fingerprint density at radius 2 is 1.69 bits per heavy atom. The van der Waals surface area contributed by atoms with Crippen molar-refractivity contribution in [2.24, 2.45) is 0 Å². The molecule has 0 saturated carbocycles. The van der Waals surface area contributed by atoms with Crippen LogP contribution < -0.4 is 11.0 Å². The van der Waals surface area contributed by atoms with Gasteiger partial charge in [0.1, 0.15) is 5.60 Å². The Morgan fingerprint density at radius 1 is 1.03 bits per heavy atom. The third kappa shape index (κ3) is 5.28. The lowest BCUT2D eigenvalue weighted by Crippen LogP contribution is -2.30. The van der Waals surface area contributed by atoms with Gasteiger partial charge in [-0.25, -0.2) is 23.7 Å². The molecular formula is C26H30N6O4. The number of nitrogens with zero attached hydrogens (tertiary/aromatic N) is 5. The van der Waals surface area contributed by atoms with Gasteiger partial charge in [-0.3, -0.25) is 10.3 Å². The summed E-state index contributed by atoms with van der Waals surface area (Å²) in [5.41, 5.74) is 3.62. The number of carbonyl (C=O) groups excluding carboxylic acids is 1. The molecule has 4 aromatic rings. The van der Waals surface area contributed by atoms with Crippen LogP contribution in [0.3, 0.4) is 0 Å². The van der Waals surface area contributed by atoms with Gasteiger partial charge in [0.15, 0.2) is 5.65 Å². The Hall–Kier alpha value is -4.05. The zero-order chi connectivity index (χ0) is 26.0. The van der Waals surface area contributed by atoms with Crippen LogP contribution in [-0.4, -0.2) is 49.6 Å². The smallest absolute Gasteiger partial charge is 0.414 e. The molecule has 0 aliphatic carbocycles. The topological polar surface area (TPSA) is 113 Å². The molecule has 0 atom stereocenters. The first-order valence-electron chi connectivity index (χ1n) is 11.6. The largest absolute Gasteiger partial charge is 0.444 e. The van der Waals surface area contributed by atoms with Crippen LogP contribution in [0.1, 0.15) is 32.2 Å². The fourth-order valence-corrected chi connectivity index (χ4v) is 3.93. The standard InChI is InChI=1S/C26H30N6O4/c1-16-14-19(15-17(2)27-16)20-21(18-10-8-7-9-11-18)28-23(29-24(33)36-26(3,4)5)32-22(20)30-31(25(32)34)12-13-35-6/h7-11,14-15H,12-13H2,1-6H3,(H,28,29,33). The lowest BCUT2D eigenvalue weighted by molar-refractivity contribution is 0.0634. The van der Waals surface area contributed by atoms with E-state index in [1.54, 1.807) is 27.9 Å². The molecule has 4 rings (SSSR count). The van der Waals surface area contributed by atoms with Gasteiger partial charge in [0.05, 0.1) is 24.4 Å². The zero-order valence-electron chi connectivity index (χ0n) is 21.3. The average Bonchev–Trinajstić information content (AvgIpc) is 3.12. The number of amides is 1. The summed E-state index contributed by atoms with van der Waals surface area (Å²) in [5, 5.41) is 7.31.